The molecule has 0 aromatic rings. The van der Waals surface area contributed by atoms with Gasteiger partial charge in [-0.1, -0.05) is 0 Å². The highest BCUT2D eigenvalue weighted by Crippen LogP contribution is 2.27. The standard InChI is InChI=1S/C36H55N9O10S/c1-56-18-12-22(37)34(53)43-15-2-7-23(43)31(50)38-19-28(46)41-13-5-10-26(41)35(54)44-16-3-8-24(44)32(51)39-20-29(47)42-14-6-11-27(42)36(55)45-17-4-9-25(45)33(52)40-21-30(48)49/h22-27H,2-21,37H2,1H3,(H,38,50)(H,39,51)(H,40,52)(H,48,49)/t22-,23-,24-,25-,26-,27-/m0/s1. The molecule has 0 radical (unpaired) electrons. The number of likely N-dealkylation sites (tertiary alicyclic amines) is 5. The van der Waals surface area contributed by atoms with Crippen LogP contribution < -0.4 is 21.7 Å². The minimum absolute atomic E-state index is 0.285. The van der Waals surface area contributed by atoms with Crippen LogP contribution >= 0.6 is 11.8 Å². The van der Waals surface area contributed by atoms with Crippen LogP contribution in [0.15, 0.2) is 0 Å². The molecule has 5 rings (SSSR count). The molecule has 6 atom stereocenters. The first-order chi connectivity index (χ1) is 26.8. The van der Waals surface area contributed by atoms with Gasteiger partial charge >= 0.3 is 5.97 Å². The summed E-state index contributed by atoms with van der Waals surface area (Å²) in [5, 5.41) is 16.5. The van der Waals surface area contributed by atoms with E-state index in [0.29, 0.717) is 103 Å². The summed E-state index contributed by atoms with van der Waals surface area (Å²) in [6.45, 7) is 0.307. The van der Waals surface area contributed by atoms with Crippen molar-refractivity contribution < 1.29 is 48.3 Å². The van der Waals surface area contributed by atoms with Crippen LogP contribution in [0.5, 0.6) is 0 Å². The van der Waals surface area contributed by atoms with Crippen LogP contribution in [0.2, 0.25) is 0 Å². The summed E-state index contributed by atoms with van der Waals surface area (Å²) in [5.74, 6) is -3.98. The van der Waals surface area contributed by atoms with E-state index in [1.54, 1.807) is 11.8 Å². The van der Waals surface area contributed by atoms with E-state index in [4.69, 9.17) is 10.8 Å². The molecule has 0 spiro atoms. The number of thioether (sulfide) groups is 1. The molecule has 5 aliphatic rings. The summed E-state index contributed by atoms with van der Waals surface area (Å²) in [7, 11) is 0. The van der Waals surface area contributed by atoms with E-state index < -0.39 is 90.8 Å². The molecule has 310 valence electrons. The molecule has 5 saturated heterocycles. The number of nitrogens with one attached hydrogen (secondary N) is 3. The molecule has 6 N–H and O–H groups in total. The Morgan fingerprint density at radius 3 is 1.34 bits per heavy atom. The Labute approximate surface area is 330 Å². The van der Waals surface area contributed by atoms with Gasteiger partial charge in [0.2, 0.25) is 47.3 Å². The van der Waals surface area contributed by atoms with Crippen LogP contribution in [0.1, 0.15) is 70.6 Å². The highest BCUT2D eigenvalue weighted by atomic mass is 32.2. The van der Waals surface area contributed by atoms with Crippen molar-refractivity contribution in [3.05, 3.63) is 0 Å². The minimum Gasteiger partial charge on any atom is -0.480 e. The van der Waals surface area contributed by atoms with Crippen LogP contribution in [-0.2, 0) is 43.2 Å². The van der Waals surface area contributed by atoms with Gasteiger partial charge in [0.1, 0.15) is 36.8 Å². The number of rotatable bonds is 15. The van der Waals surface area contributed by atoms with Crippen molar-refractivity contribution in [2.45, 2.75) is 107 Å². The van der Waals surface area contributed by atoms with E-state index in [1.165, 1.54) is 24.5 Å². The number of hydrogen-bond acceptors (Lipinski definition) is 11. The fourth-order valence-electron chi connectivity index (χ4n) is 8.56. The lowest BCUT2D eigenvalue weighted by molar-refractivity contribution is -0.148. The van der Waals surface area contributed by atoms with E-state index in [-0.39, 0.29) is 18.4 Å². The zero-order valence-electron chi connectivity index (χ0n) is 31.9. The number of nitrogens with zero attached hydrogens (tertiary/aromatic N) is 5. The monoisotopic (exact) mass is 805 g/mol. The molecule has 0 aromatic heterocycles. The SMILES string of the molecule is CSCC[C@H](N)C(=O)N1CCC[C@H]1C(=O)NCC(=O)N1CCC[C@H]1C(=O)N1CCC[C@H]1C(=O)NCC(=O)N1CCC[C@H]1C(=O)N1CCC[C@H]1C(=O)NCC(=O)O. The third-order valence-corrected chi connectivity index (χ3v) is 12.1. The molecule has 20 heteroatoms. The summed E-state index contributed by atoms with van der Waals surface area (Å²) in [6.07, 6.45) is 7.28. The number of carboxylic acid groups (broad SMARTS) is 1. The third-order valence-electron chi connectivity index (χ3n) is 11.4. The maximum Gasteiger partial charge on any atom is 0.322 e. The summed E-state index contributed by atoms with van der Waals surface area (Å²) < 4.78 is 0. The van der Waals surface area contributed by atoms with Gasteiger partial charge in [0.25, 0.3) is 0 Å². The quantitative estimate of drug-likeness (QED) is 0.115. The normalized spacial score (nSPS) is 25.3. The van der Waals surface area contributed by atoms with Gasteiger partial charge in [-0.05, 0) is 82.6 Å². The fraction of sp³-hybridized carbons (Fsp3) is 0.750. The largest absolute Gasteiger partial charge is 0.480 e. The summed E-state index contributed by atoms with van der Waals surface area (Å²) in [5.41, 5.74) is 6.08. The smallest absolute Gasteiger partial charge is 0.322 e. The maximum absolute atomic E-state index is 13.9. The Morgan fingerprint density at radius 1 is 0.571 bits per heavy atom. The lowest BCUT2D eigenvalue weighted by Gasteiger charge is -2.32. The van der Waals surface area contributed by atoms with Gasteiger partial charge < -0.3 is 51.3 Å². The fourth-order valence-corrected chi connectivity index (χ4v) is 9.05. The molecule has 0 saturated carbocycles. The maximum atomic E-state index is 13.9. The first-order valence-electron chi connectivity index (χ1n) is 19.6. The van der Waals surface area contributed by atoms with Gasteiger partial charge in [0.15, 0.2) is 0 Å². The van der Waals surface area contributed by atoms with E-state index in [0.717, 1.165) is 5.75 Å². The number of carbonyl (C=O) groups excluding carboxylic acids is 8. The predicted molar refractivity (Wildman–Crippen MR) is 201 cm³/mol. The van der Waals surface area contributed by atoms with Gasteiger partial charge in [-0.15, -0.1) is 0 Å². The van der Waals surface area contributed by atoms with Crippen molar-refractivity contribution in [1.29, 1.82) is 0 Å². The number of carbonyl (C=O) groups is 9. The minimum atomic E-state index is -1.20. The van der Waals surface area contributed by atoms with Gasteiger partial charge in [-0.3, -0.25) is 43.2 Å². The summed E-state index contributed by atoms with van der Waals surface area (Å²) >= 11 is 1.58. The van der Waals surface area contributed by atoms with Gasteiger partial charge in [-0.2, -0.15) is 11.8 Å². The molecule has 5 heterocycles. The molecule has 5 fully saturated rings. The van der Waals surface area contributed by atoms with Crippen LogP contribution in [0.3, 0.4) is 0 Å². The average molecular weight is 806 g/mol. The van der Waals surface area contributed by atoms with Gasteiger partial charge in [0.05, 0.1) is 19.1 Å². The van der Waals surface area contributed by atoms with Crippen molar-refractivity contribution in [3.63, 3.8) is 0 Å². The van der Waals surface area contributed by atoms with Crippen molar-refractivity contribution in [2.75, 3.05) is 64.4 Å². The second-order valence-electron chi connectivity index (χ2n) is 15.0. The topological polar surface area (TPSA) is 252 Å². The Bertz CT molecular complexity index is 1550. The predicted octanol–water partition coefficient (Wildman–Crippen LogP) is -2.54. The van der Waals surface area contributed by atoms with Gasteiger partial charge in [0, 0.05) is 32.7 Å². The zero-order valence-corrected chi connectivity index (χ0v) is 32.8. The number of amides is 8. The van der Waals surface area contributed by atoms with E-state index in [9.17, 15) is 43.2 Å². The number of nitrogens with two attached hydrogens (primary N) is 1. The highest BCUT2D eigenvalue weighted by molar-refractivity contribution is 7.98. The molecular weight excluding hydrogens is 751 g/mol. The van der Waals surface area contributed by atoms with Crippen LogP contribution in [0.4, 0.5) is 0 Å². The van der Waals surface area contributed by atoms with Crippen molar-refractivity contribution in [1.82, 2.24) is 40.4 Å². The van der Waals surface area contributed by atoms with Crippen LogP contribution in [0.25, 0.3) is 0 Å². The summed E-state index contributed by atoms with van der Waals surface area (Å²) in [4.78, 5) is 124. The molecule has 19 nitrogen and oxygen atoms in total. The van der Waals surface area contributed by atoms with E-state index in [1.807, 2.05) is 6.26 Å². The zero-order chi connectivity index (χ0) is 40.5. The van der Waals surface area contributed by atoms with E-state index >= 15 is 0 Å². The van der Waals surface area contributed by atoms with Crippen molar-refractivity contribution in [2.24, 2.45) is 5.73 Å². The number of carboxylic acids is 1. The Hall–Kier alpha value is -4.46. The molecule has 0 aliphatic carbocycles. The highest BCUT2D eigenvalue weighted by Gasteiger charge is 2.45. The lowest BCUT2D eigenvalue weighted by Crippen LogP contribution is -2.56. The van der Waals surface area contributed by atoms with Gasteiger partial charge in [-0.25, -0.2) is 0 Å². The molecule has 56 heavy (non-hydrogen) atoms. The van der Waals surface area contributed by atoms with E-state index in [2.05, 4.69) is 16.0 Å². The first-order valence-corrected chi connectivity index (χ1v) is 21.0. The Morgan fingerprint density at radius 2 is 0.929 bits per heavy atom. The van der Waals surface area contributed by atoms with Crippen molar-refractivity contribution >= 4 is 65.0 Å². The molecule has 0 unspecified atom stereocenters. The Kier molecular flexibility index (Phi) is 14.9. The molecule has 5 aliphatic heterocycles. The molecule has 8 amide bonds. The molecular formula is C36H55N9O10S. The second kappa shape index (κ2) is 19.6. The number of aliphatic carboxylic acids is 1. The summed E-state index contributed by atoms with van der Waals surface area (Å²) in [6, 6.07) is -4.74. The van der Waals surface area contributed by atoms with Crippen LogP contribution in [0, 0.1) is 0 Å². The molecule has 0 bridgehead atoms. The lowest BCUT2D eigenvalue weighted by atomic mass is 10.1. The van der Waals surface area contributed by atoms with Crippen LogP contribution in [-0.4, -0.2) is 183 Å². The van der Waals surface area contributed by atoms with Crippen molar-refractivity contribution in [3.8, 4) is 0 Å². The average Bonchev–Trinajstić information content (AvgIpc) is 4.04. The molecule has 0 aromatic carbocycles. The number of hydrogen-bond donors (Lipinski definition) is 5. The first kappa shape index (κ1) is 42.7. The third kappa shape index (κ3) is 9.91. The Balaban J connectivity index is 1.11. The second-order valence-corrected chi connectivity index (χ2v) is 16.0.